The van der Waals surface area contributed by atoms with Crippen molar-refractivity contribution in [3.05, 3.63) is 52.3 Å². The molecule has 29 heavy (non-hydrogen) atoms. The van der Waals surface area contributed by atoms with E-state index < -0.39 is 11.6 Å². The first-order valence-electron chi connectivity index (χ1n) is 9.68. The molecule has 2 heterocycles. The molecule has 1 aliphatic rings. The summed E-state index contributed by atoms with van der Waals surface area (Å²) in [5.41, 5.74) is 2.84. The highest BCUT2D eigenvalue weighted by molar-refractivity contribution is 5.96. The first kappa shape index (κ1) is 21.3. The van der Waals surface area contributed by atoms with Gasteiger partial charge in [-0.3, -0.25) is 4.79 Å². The Kier molecular flexibility index (Phi) is 6.87. The van der Waals surface area contributed by atoms with Crippen LogP contribution in [0.3, 0.4) is 0 Å². The highest BCUT2D eigenvalue weighted by atomic mass is 19.1. The number of hydrogen-bond donors (Lipinski definition) is 1. The van der Waals surface area contributed by atoms with E-state index in [4.69, 9.17) is 9.47 Å². The van der Waals surface area contributed by atoms with E-state index in [1.165, 1.54) is 18.2 Å². The lowest BCUT2D eigenvalue weighted by Gasteiger charge is -2.29. The molecular formula is C21H27F2N3O3. The summed E-state index contributed by atoms with van der Waals surface area (Å²) in [4.78, 5) is 15.1. The molecular weight excluding hydrogens is 380 g/mol. The fraction of sp³-hybridized carbons (Fsp3) is 0.476. The van der Waals surface area contributed by atoms with Gasteiger partial charge in [-0.05, 0) is 26.0 Å². The molecule has 1 aromatic carbocycles. The average Bonchev–Trinajstić information content (AvgIpc) is 2.95. The number of nitrogens with one attached hydrogen (secondary N) is 1. The minimum atomic E-state index is -0.630. The largest absolute Gasteiger partial charge is 0.383 e. The standard InChI is InChI=1S/C21H27F2N3O3/c1-14-19(25-8-11-29-12-9-25)15(2)26(20(14)21(27)24-7-10-28-3)13-16-17(22)5-4-6-18(16)23/h4-6H,7-13H2,1-3H3,(H,24,27). The fourth-order valence-electron chi connectivity index (χ4n) is 3.82. The van der Waals surface area contributed by atoms with Crippen LogP contribution in [0.1, 0.15) is 27.3 Å². The van der Waals surface area contributed by atoms with Gasteiger partial charge in [0.25, 0.3) is 5.91 Å². The van der Waals surface area contributed by atoms with Crippen LogP contribution in [-0.2, 0) is 16.0 Å². The molecule has 1 N–H and O–H groups in total. The van der Waals surface area contributed by atoms with Crippen LogP contribution in [0.25, 0.3) is 0 Å². The molecule has 1 saturated heterocycles. The molecule has 0 bridgehead atoms. The van der Waals surface area contributed by atoms with Gasteiger partial charge in [-0.15, -0.1) is 0 Å². The molecule has 1 amide bonds. The maximum atomic E-state index is 14.3. The number of carbonyl (C=O) groups is 1. The van der Waals surface area contributed by atoms with Gasteiger partial charge in [-0.1, -0.05) is 6.07 Å². The molecule has 6 nitrogen and oxygen atoms in total. The van der Waals surface area contributed by atoms with E-state index in [2.05, 4.69) is 10.2 Å². The van der Waals surface area contributed by atoms with E-state index in [0.29, 0.717) is 45.1 Å². The highest BCUT2D eigenvalue weighted by Gasteiger charge is 2.27. The Labute approximate surface area is 169 Å². The molecule has 0 unspecified atom stereocenters. The number of anilines is 1. The molecule has 2 aromatic rings. The Hall–Kier alpha value is -2.45. The van der Waals surface area contributed by atoms with Crippen LogP contribution in [0.5, 0.6) is 0 Å². The summed E-state index contributed by atoms with van der Waals surface area (Å²) >= 11 is 0. The molecule has 0 spiro atoms. The quantitative estimate of drug-likeness (QED) is 0.717. The Morgan fingerprint density at radius 3 is 2.48 bits per heavy atom. The van der Waals surface area contributed by atoms with Crippen molar-refractivity contribution in [2.45, 2.75) is 20.4 Å². The van der Waals surface area contributed by atoms with Gasteiger partial charge in [-0.2, -0.15) is 0 Å². The van der Waals surface area contributed by atoms with Crippen molar-refractivity contribution < 1.29 is 23.0 Å². The average molecular weight is 407 g/mol. The zero-order valence-electron chi connectivity index (χ0n) is 17.1. The second-order valence-electron chi connectivity index (χ2n) is 7.04. The van der Waals surface area contributed by atoms with Gasteiger partial charge in [-0.25, -0.2) is 8.78 Å². The fourth-order valence-corrected chi connectivity index (χ4v) is 3.82. The zero-order chi connectivity index (χ0) is 21.0. The van der Waals surface area contributed by atoms with Crippen molar-refractivity contribution in [2.75, 3.05) is 51.5 Å². The van der Waals surface area contributed by atoms with Crippen molar-refractivity contribution in [2.24, 2.45) is 0 Å². The summed E-state index contributed by atoms with van der Waals surface area (Å²) in [7, 11) is 1.56. The van der Waals surface area contributed by atoms with Crippen LogP contribution in [0.15, 0.2) is 18.2 Å². The number of amides is 1. The number of aromatic nitrogens is 1. The van der Waals surface area contributed by atoms with Crippen LogP contribution >= 0.6 is 0 Å². The summed E-state index contributed by atoms with van der Waals surface area (Å²) in [5.74, 6) is -1.55. The number of benzene rings is 1. The third-order valence-corrected chi connectivity index (χ3v) is 5.24. The van der Waals surface area contributed by atoms with Crippen molar-refractivity contribution in [3.8, 4) is 0 Å². The van der Waals surface area contributed by atoms with Crippen LogP contribution in [0.4, 0.5) is 14.5 Å². The van der Waals surface area contributed by atoms with E-state index in [1.807, 2.05) is 13.8 Å². The van der Waals surface area contributed by atoms with Crippen LogP contribution in [0.2, 0.25) is 0 Å². The number of morpholine rings is 1. The molecule has 1 aliphatic heterocycles. The van der Waals surface area contributed by atoms with E-state index in [-0.39, 0.29) is 18.0 Å². The van der Waals surface area contributed by atoms with Crippen LogP contribution in [0, 0.1) is 25.5 Å². The molecule has 158 valence electrons. The van der Waals surface area contributed by atoms with Gasteiger partial charge < -0.3 is 24.3 Å². The molecule has 1 aromatic heterocycles. The van der Waals surface area contributed by atoms with Crippen LogP contribution < -0.4 is 10.2 Å². The van der Waals surface area contributed by atoms with Crippen molar-refractivity contribution in [1.82, 2.24) is 9.88 Å². The molecule has 0 radical (unpaired) electrons. The molecule has 0 saturated carbocycles. The maximum Gasteiger partial charge on any atom is 0.268 e. The Morgan fingerprint density at radius 1 is 1.21 bits per heavy atom. The number of ether oxygens (including phenoxy) is 2. The van der Waals surface area contributed by atoms with Crippen LogP contribution in [-0.4, -0.2) is 57.0 Å². The predicted molar refractivity (Wildman–Crippen MR) is 107 cm³/mol. The Bertz CT molecular complexity index is 856. The highest BCUT2D eigenvalue weighted by Crippen LogP contribution is 2.32. The Morgan fingerprint density at radius 2 is 1.86 bits per heavy atom. The van der Waals surface area contributed by atoms with E-state index in [0.717, 1.165) is 16.9 Å². The van der Waals surface area contributed by atoms with Gasteiger partial charge in [0.1, 0.15) is 17.3 Å². The van der Waals surface area contributed by atoms with E-state index >= 15 is 0 Å². The number of hydrogen-bond acceptors (Lipinski definition) is 4. The van der Waals surface area contributed by atoms with Gasteiger partial charge in [0.15, 0.2) is 0 Å². The summed E-state index contributed by atoms with van der Waals surface area (Å²) in [6, 6.07) is 3.79. The van der Waals surface area contributed by atoms with Crippen molar-refractivity contribution in [1.29, 1.82) is 0 Å². The summed E-state index contributed by atoms with van der Waals surface area (Å²) in [5, 5.41) is 2.82. The first-order chi connectivity index (χ1) is 14.0. The van der Waals surface area contributed by atoms with E-state index in [9.17, 15) is 13.6 Å². The zero-order valence-corrected chi connectivity index (χ0v) is 17.1. The lowest BCUT2D eigenvalue weighted by atomic mass is 10.1. The molecule has 0 aliphatic carbocycles. The number of carbonyl (C=O) groups excluding carboxylic acids is 1. The lowest BCUT2D eigenvalue weighted by Crippen LogP contribution is -2.36. The lowest BCUT2D eigenvalue weighted by molar-refractivity contribution is 0.0927. The number of methoxy groups -OCH3 is 1. The van der Waals surface area contributed by atoms with Gasteiger partial charge in [0.2, 0.25) is 0 Å². The molecule has 1 fully saturated rings. The minimum absolute atomic E-state index is 0.0648. The second kappa shape index (κ2) is 9.37. The summed E-state index contributed by atoms with van der Waals surface area (Å²) < 4.78 is 40.8. The van der Waals surface area contributed by atoms with Crippen molar-refractivity contribution >= 4 is 11.6 Å². The minimum Gasteiger partial charge on any atom is -0.383 e. The normalized spacial score (nSPS) is 14.3. The first-order valence-corrected chi connectivity index (χ1v) is 9.68. The second-order valence-corrected chi connectivity index (χ2v) is 7.04. The number of nitrogens with zero attached hydrogens (tertiary/aromatic N) is 2. The summed E-state index contributed by atoms with van der Waals surface area (Å²) in [6.45, 7) is 7.00. The third kappa shape index (κ3) is 4.43. The van der Waals surface area contributed by atoms with E-state index in [1.54, 1.807) is 11.7 Å². The monoisotopic (exact) mass is 407 g/mol. The summed E-state index contributed by atoms with van der Waals surface area (Å²) in [6.07, 6.45) is 0. The topological polar surface area (TPSA) is 55.7 Å². The number of rotatable bonds is 7. The predicted octanol–water partition coefficient (Wildman–Crippen LogP) is 2.64. The van der Waals surface area contributed by atoms with Gasteiger partial charge in [0.05, 0.1) is 32.1 Å². The Balaban J connectivity index is 2.05. The molecule has 0 atom stereocenters. The maximum absolute atomic E-state index is 14.3. The van der Waals surface area contributed by atoms with Gasteiger partial charge in [0, 0.05) is 43.6 Å². The van der Waals surface area contributed by atoms with Crippen molar-refractivity contribution in [3.63, 3.8) is 0 Å². The third-order valence-electron chi connectivity index (χ3n) is 5.24. The molecule has 8 heteroatoms. The number of halogens is 2. The smallest absolute Gasteiger partial charge is 0.268 e. The van der Waals surface area contributed by atoms with Gasteiger partial charge >= 0.3 is 0 Å². The SMILES string of the molecule is COCCNC(=O)c1c(C)c(N2CCOCC2)c(C)n1Cc1c(F)cccc1F. The molecule has 3 rings (SSSR count).